The lowest BCUT2D eigenvalue weighted by molar-refractivity contribution is 0.0950. The molecule has 2 aliphatic rings. The number of carbonyl (C=O) groups is 1. The Balaban J connectivity index is 1.48. The van der Waals surface area contributed by atoms with Crippen LogP contribution >= 0.6 is 0 Å². The number of nitrogens with zero attached hydrogens (tertiary/aromatic N) is 2. The zero-order chi connectivity index (χ0) is 26.3. The Labute approximate surface area is 217 Å². The lowest BCUT2D eigenvalue weighted by Crippen LogP contribution is -2.43. The van der Waals surface area contributed by atoms with Crippen molar-refractivity contribution in [2.75, 3.05) is 31.1 Å². The highest BCUT2D eigenvalue weighted by Crippen LogP contribution is 2.45. The lowest BCUT2D eigenvalue weighted by Gasteiger charge is -2.28. The van der Waals surface area contributed by atoms with Crippen LogP contribution in [0.4, 0.5) is 5.82 Å². The van der Waals surface area contributed by atoms with Gasteiger partial charge in [0.15, 0.2) is 0 Å². The summed E-state index contributed by atoms with van der Waals surface area (Å²) < 4.78 is 6.39. The highest BCUT2D eigenvalue weighted by Gasteiger charge is 2.35. The fraction of sp³-hybridized carbons (Fsp3) is 0.414. The number of aromatic nitrogens is 2. The number of aryl methyl sites for hydroxylation is 2. The number of H-pyrrole nitrogens is 1. The van der Waals surface area contributed by atoms with Crippen LogP contribution in [0.5, 0.6) is 5.75 Å². The van der Waals surface area contributed by atoms with Crippen LogP contribution in [0.2, 0.25) is 0 Å². The molecule has 3 N–H and O–H groups in total. The minimum atomic E-state index is -0.364. The van der Waals surface area contributed by atoms with E-state index in [1.54, 1.807) is 0 Å². The van der Waals surface area contributed by atoms with Gasteiger partial charge in [0.2, 0.25) is 0 Å². The van der Waals surface area contributed by atoms with Gasteiger partial charge < -0.3 is 25.3 Å². The Morgan fingerprint density at radius 1 is 1.16 bits per heavy atom. The largest absolute Gasteiger partial charge is 0.487 e. The fourth-order valence-corrected chi connectivity index (χ4v) is 5.32. The molecule has 0 saturated carbocycles. The van der Waals surface area contributed by atoms with E-state index in [2.05, 4.69) is 40.4 Å². The molecule has 0 unspecified atom stereocenters. The predicted molar refractivity (Wildman–Crippen MR) is 146 cm³/mol. The van der Waals surface area contributed by atoms with Gasteiger partial charge in [-0.2, -0.15) is 0 Å². The van der Waals surface area contributed by atoms with Crippen LogP contribution in [0.15, 0.2) is 35.3 Å². The molecule has 0 bridgehead atoms. The summed E-state index contributed by atoms with van der Waals surface area (Å²) in [5.74, 6) is 1.56. The summed E-state index contributed by atoms with van der Waals surface area (Å²) in [5.41, 5.74) is 6.00. The molecule has 1 amide bonds. The number of nitrogens with one attached hydrogen (secondary N) is 3. The molecule has 2 aliphatic heterocycles. The lowest BCUT2D eigenvalue weighted by atomic mass is 9.90. The van der Waals surface area contributed by atoms with Crippen LogP contribution in [0.3, 0.4) is 0 Å². The van der Waals surface area contributed by atoms with E-state index >= 15 is 0 Å². The van der Waals surface area contributed by atoms with Crippen LogP contribution < -0.4 is 25.8 Å². The summed E-state index contributed by atoms with van der Waals surface area (Å²) in [7, 11) is 0. The van der Waals surface area contributed by atoms with Gasteiger partial charge in [0.05, 0.1) is 0 Å². The van der Waals surface area contributed by atoms with Gasteiger partial charge >= 0.3 is 0 Å². The zero-order valence-corrected chi connectivity index (χ0v) is 22.2. The van der Waals surface area contributed by atoms with Crippen molar-refractivity contribution >= 4 is 11.7 Å². The van der Waals surface area contributed by atoms with E-state index in [0.29, 0.717) is 17.5 Å². The number of amides is 1. The Morgan fingerprint density at radius 3 is 2.59 bits per heavy atom. The van der Waals surface area contributed by atoms with Crippen molar-refractivity contribution in [1.29, 1.82) is 0 Å². The molecule has 0 spiro atoms. The van der Waals surface area contributed by atoms with E-state index < -0.39 is 0 Å². The standard InChI is InChI=1S/C29H35N5O3/c1-17-12-18(2)33-28(36)24(17)16-32-27(35)21-13-22(26-23(19(21)3)14-29(4,5)37-26)20-6-7-25(31-15-20)34-10-8-30-9-11-34/h6-7,12-13,15,30H,8-11,14,16H2,1-5H3,(H,32,35)(H,33,36). The summed E-state index contributed by atoms with van der Waals surface area (Å²) >= 11 is 0. The van der Waals surface area contributed by atoms with Crippen molar-refractivity contribution in [3.8, 4) is 16.9 Å². The van der Waals surface area contributed by atoms with Crippen LogP contribution in [-0.4, -0.2) is 47.7 Å². The summed E-state index contributed by atoms with van der Waals surface area (Å²) in [4.78, 5) is 35.7. The zero-order valence-electron chi connectivity index (χ0n) is 22.2. The number of carbonyl (C=O) groups excluding carboxylic acids is 1. The molecule has 8 nitrogen and oxygen atoms in total. The van der Waals surface area contributed by atoms with Crippen molar-refractivity contribution < 1.29 is 9.53 Å². The van der Waals surface area contributed by atoms with Crippen LogP contribution in [0.1, 0.15) is 52.2 Å². The van der Waals surface area contributed by atoms with Gasteiger partial charge in [-0.1, -0.05) is 0 Å². The fourth-order valence-electron chi connectivity index (χ4n) is 5.32. The maximum atomic E-state index is 13.4. The van der Waals surface area contributed by atoms with Crippen molar-refractivity contribution in [1.82, 2.24) is 20.6 Å². The smallest absolute Gasteiger partial charge is 0.253 e. The molecule has 0 radical (unpaired) electrons. The molecule has 3 aromatic rings. The highest BCUT2D eigenvalue weighted by molar-refractivity contribution is 5.98. The highest BCUT2D eigenvalue weighted by atomic mass is 16.5. The SMILES string of the molecule is Cc1cc(C)c(CNC(=O)c2cc(-c3ccc(N4CCNCC4)nc3)c3c(c2C)CC(C)(C)O3)c(=O)[nH]1. The van der Waals surface area contributed by atoms with Crippen LogP contribution in [-0.2, 0) is 13.0 Å². The first-order chi connectivity index (χ1) is 17.6. The van der Waals surface area contributed by atoms with E-state index in [4.69, 9.17) is 9.72 Å². The number of hydrogen-bond acceptors (Lipinski definition) is 6. The van der Waals surface area contributed by atoms with Crippen LogP contribution in [0, 0.1) is 20.8 Å². The van der Waals surface area contributed by atoms with Crippen molar-refractivity contribution in [3.63, 3.8) is 0 Å². The summed E-state index contributed by atoms with van der Waals surface area (Å²) in [6.07, 6.45) is 2.58. The molecule has 0 atom stereocenters. The first kappa shape index (κ1) is 25.0. The first-order valence-electron chi connectivity index (χ1n) is 12.9. The van der Waals surface area contributed by atoms with Gasteiger partial charge in [0, 0.05) is 78.9 Å². The molecule has 2 aromatic heterocycles. The van der Waals surface area contributed by atoms with E-state index in [0.717, 1.165) is 71.3 Å². The molecule has 1 fully saturated rings. The van der Waals surface area contributed by atoms with Gasteiger partial charge in [0.1, 0.15) is 17.2 Å². The minimum Gasteiger partial charge on any atom is -0.487 e. The second-order valence-corrected chi connectivity index (χ2v) is 10.7. The van der Waals surface area contributed by atoms with Crippen molar-refractivity contribution in [2.45, 2.75) is 53.2 Å². The topological polar surface area (TPSA) is 99.3 Å². The van der Waals surface area contributed by atoms with Crippen molar-refractivity contribution in [3.05, 3.63) is 74.3 Å². The monoisotopic (exact) mass is 501 g/mol. The molecule has 1 saturated heterocycles. The number of benzene rings is 1. The molecular formula is C29H35N5O3. The molecule has 37 heavy (non-hydrogen) atoms. The Morgan fingerprint density at radius 2 is 1.92 bits per heavy atom. The average Bonchev–Trinajstić information content (AvgIpc) is 3.20. The molecule has 8 heteroatoms. The second-order valence-electron chi connectivity index (χ2n) is 10.7. The number of anilines is 1. The quantitative estimate of drug-likeness (QED) is 0.496. The molecule has 194 valence electrons. The maximum absolute atomic E-state index is 13.4. The van der Waals surface area contributed by atoms with Gasteiger partial charge in [-0.15, -0.1) is 0 Å². The number of rotatable bonds is 5. The average molecular weight is 502 g/mol. The first-order valence-corrected chi connectivity index (χ1v) is 12.9. The van der Waals surface area contributed by atoms with Crippen LogP contribution in [0.25, 0.3) is 11.1 Å². The molecule has 1 aromatic carbocycles. The summed E-state index contributed by atoms with van der Waals surface area (Å²) in [6, 6.07) is 7.91. The molecule has 0 aliphatic carbocycles. The summed E-state index contributed by atoms with van der Waals surface area (Å²) in [6.45, 7) is 13.7. The normalized spacial score (nSPS) is 16.3. The number of piperazine rings is 1. The number of pyridine rings is 2. The number of aromatic amines is 1. The van der Waals surface area contributed by atoms with Gasteiger partial charge in [-0.3, -0.25) is 9.59 Å². The van der Waals surface area contributed by atoms with Gasteiger partial charge in [-0.25, -0.2) is 4.98 Å². The minimum absolute atomic E-state index is 0.162. The third kappa shape index (κ3) is 4.98. The number of fused-ring (bicyclic) bond motifs is 1. The van der Waals surface area contributed by atoms with E-state index in [-0.39, 0.29) is 23.6 Å². The Bertz CT molecular complexity index is 1400. The summed E-state index contributed by atoms with van der Waals surface area (Å²) in [5, 5.41) is 6.34. The Kier molecular flexibility index (Phi) is 6.54. The maximum Gasteiger partial charge on any atom is 0.253 e. The molecule has 5 rings (SSSR count). The van der Waals surface area contributed by atoms with E-state index in [9.17, 15) is 9.59 Å². The second kappa shape index (κ2) is 9.67. The molecule has 4 heterocycles. The van der Waals surface area contributed by atoms with E-state index in [1.807, 2.05) is 45.2 Å². The predicted octanol–water partition coefficient (Wildman–Crippen LogP) is 3.42. The van der Waals surface area contributed by atoms with Gasteiger partial charge in [-0.05, 0) is 70.0 Å². The molecular weight excluding hydrogens is 466 g/mol. The third-order valence-electron chi connectivity index (χ3n) is 7.31. The third-order valence-corrected chi connectivity index (χ3v) is 7.31. The van der Waals surface area contributed by atoms with Gasteiger partial charge in [0.25, 0.3) is 11.5 Å². The van der Waals surface area contributed by atoms with E-state index in [1.165, 1.54) is 0 Å². The van der Waals surface area contributed by atoms with Crippen molar-refractivity contribution in [2.24, 2.45) is 0 Å². The number of ether oxygens (including phenoxy) is 1. The Hall–Kier alpha value is -3.65. The number of hydrogen-bond donors (Lipinski definition) is 3.